The van der Waals surface area contributed by atoms with Crippen LogP contribution >= 0.6 is 0 Å². The van der Waals surface area contributed by atoms with Crippen molar-refractivity contribution in [3.8, 4) is 0 Å². The average molecular weight is 416 g/mol. The molecule has 0 unspecified atom stereocenters. The summed E-state index contributed by atoms with van der Waals surface area (Å²) in [4.78, 5) is 42.1. The predicted octanol–water partition coefficient (Wildman–Crippen LogP) is 3.72. The van der Waals surface area contributed by atoms with E-state index in [0.717, 1.165) is 44.3 Å². The van der Waals surface area contributed by atoms with E-state index in [2.05, 4.69) is 15.6 Å². The molecular weight excluding hydrogens is 392 g/mol. The Hall–Kier alpha value is -3.48. The molecular formula is C24H24N4O3. The second kappa shape index (κ2) is 7.98. The number of aryl methyl sites for hydroxylation is 1. The minimum Gasteiger partial charge on any atom is -0.326 e. The summed E-state index contributed by atoms with van der Waals surface area (Å²) < 4.78 is 1.78. The third kappa shape index (κ3) is 4.08. The predicted molar refractivity (Wildman–Crippen MR) is 119 cm³/mol. The molecule has 2 aromatic carbocycles. The number of carbonyl (C=O) groups is 2. The Morgan fingerprint density at radius 3 is 2.42 bits per heavy atom. The molecule has 1 fully saturated rings. The highest BCUT2D eigenvalue weighted by Gasteiger charge is 2.29. The fourth-order valence-electron chi connectivity index (χ4n) is 3.99. The maximum Gasteiger partial charge on any atom is 0.261 e. The molecule has 1 aliphatic carbocycles. The standard InChI is InChI=1S/C24H24N4O3/c29-22(15-5-6-15)25-17-8-10-18(11-9-17)26-23(30)16-7-12-19-20(14-16)27-21-4-2-1-3-13-28(21)24(19)31/h7-12,14-15H,1-6,13H2,(H,25,29)(H,26,30). The van der Waals surface area contributed by atoms with Gasteiger partial charge in [-0.2, -0.15) is 0 Å². The highest BCUT2D eigenvalue weighted by atomic mass is 16.2. The number of hydrogen-bond acceptors (Lipinski definition) is 4. The van der Waals surface area contributed by atoms with Gasteiger partial charge in [-0.25, -0.2) is 4.98 Å². The maximum atomic E-state index is 12.8. The Morgan fingerprint density at radius 2 is 1.68 bits per heavy atom. The fraction of sp³-hybridized carbons (Fsp3) is 0.333. The molecule has 7 nitrogen and oxygen atoms in total. The Bertz CT molecular complexity index is 1230. The van der Waals surface area contributed by atoms with Gasteiger partial charge < -0.3 is 10.6 Å². The van der Waals surface area contributed by atoms with Crippen LogP contribution < -0.4 is 16.2 Å². The summed E-state index contributed by atoms with van der Waals surface area (Å²) in [7, 11) is 0. The van der Waals surface area contributed by atoms with E-state index in [-0.39, 0.29) is 23.3 Å². The molecule has 1 aromatic heterocycles. The Kier molecular flexibility index (Phi) is 5.02. The summed E-state index contributed by atoms with van der Waals surface area (Å²) in [6.07, 6.45) is 5.80. The lowest BCUT2D eigenvalue weighted by molar-refractivity contribution is -0.117. The summed E-state index contributed by atoms with van der Waals surface area (Å²) in [5, 5.41) is 6.28. The lowest BCUT2D eigenvalue weighted by atomic mass is 10.1. The van der Waals surface area contributed by atoms with Crippen molar-refractivity contribution < 1.29 is 9.59 Å². The van der Waals surface area contributed by atoms with Crippen LogP contribution in [0, 0.1) is 5.92 Å². The lowest BCUT2D eigenvalue weighted by Gasteiger charge is -2.11. The first-order chi connectivity index (χ1) is 15.1. The minimum atomic E-state index is -0.270. The van der Waals surface area contributed by atoms with Gasteiger partial charge in [-0.05, 0) is 68.1 Å². The summed E-state index contributed by atoms with van der Waals surface area (Å²) in [5.41, 5.74) is 2.32. The van der Waals surface area contributed by atoms with E-state index in [1.807, 2.05) is 0 Å². The number of benzene rings is 2. The van der Waals surface area contributed by atoms with Gasteiger partial charge >= 0.3 is 0 Å². The van der Waals surface area contributed by atoms with Crippen LogP contribution in [0.5, 0.6) is 0 Å². The summed E-state index contributed by atoms with van der Waals surface area (Å²) in [6, 6.07) is 12.1. The van der Waals surface area contributed by atoms with Crippen LogP contribution in [0.3, 0.4) is 0 Å². The topological polar surface area (TPSA) is 93.1 Å². The Morgan fingerprint density at radius 1 is 0.935 bits per heavy atom. The summed E-state index contributed by atoms with van der Waals surface area (Å²) in [5.74, 6) is 0.725. The molecule has 3 aromatic rings. The SMILES string of the molecule is O=C(Nc1ccc(NC(=O)C2CC2)cc1)c1ccc2c(=O)n3c(nc2c1)CCCCC3. The molecule has 1 aliphatic heterocycles. The Balaban J connectivity index is 1.34. The van der Waals surface area contributed by atoms with Crippen molar-refractivity contribution in [2.45, 2.75) is 45.1 Å². The zero-order valence-electron chi connectivity index (χ0n) is 17.2. The van der Waals surface area contributed by atoms with Gasteiger partial charge in [-0.15, -0.1) is 0 Å². The second-order valence-electron chi connectivity index (χ2n) is 8.32. The zero-order valence-corrected chi connectivity index (χ0v) is 17.2. The lowest BCUT2D eigenvalue weighted by Crippen LogP contribution is -2.24. The number of hydrogen-bond donors (Lipinski definition) is 2. The number of aromatic nitrogens is 2. The third-order valence-electron chi connectivity index (χ3n) is 5.94. The number of nitrogens with zero attached hydrogens (tertiary/aromatic N) is 2. The smallest absolute Gasteiger partial charge is 0.261 e. The second-order valence-corrected chi connectivity index (χ2v) is 8.32. The average Bonchev–Trinajstić information content (AvgIpc) is 3.62. The molecule has 0 saturated heterocycles. The van der Waals surface area contributed by atoms with Gasteiger partial charge in [-0.1, -0.05) is 6.42 Å². The number of nitrogens with one attached hydrogen (secondary N) is 2. The van der Waals surface area contributed by atoms with Crippen molar-refractivity contribution in [3.63, 3.8) is 0 Å². The molecule has 0 bridgehead atoms. The van der Waals surface area contributed by atoms with Crippen LogP contribution in [0.25, 0.3) is 10.9 Å². The molecule has 2 N–H and O–H groups in total. The van der Waals surface area contributed by atoms with Gasteiger partial charge in [0, 0.05) is 35.8 Å². The van der Waals surface area contributed by atoms with Crippen LogP contribution in [0.2, 0.25) is 0 Å². The van der Waals surface area contributed by atoms with Crippen LogP contribution in [-0.2, 0) is 17.8 Å². The van der Waals surface area contributed by atoms with E-state index >= 15 is 0 Å². The van der Waals surface area contributed by atoms with Gasteiger partial charge in [0.1, 0.15) is 5.82 Å². The van der Waals surface area contributed by atoms with Gasteiger partial charge in [0.25, 0.3) is 11.5 Å². The van der Waals surface area contributed by atoms with E-state index in [4.69, 9.17) is 0 Å². The van der Waals surface area contributed by atoms with Gasteiger partial charge in [0.2, 0.25) is 5.91 Å². The van der Waals surface area contributed by atoms with Crippen LogP contribution in [-0.4, -0.2) is 21.4 Å². The molecule has 2 amide bonds. The van der Waals surface area contributed by atoms with Crippen molar-refractivity contribution in [1.82, 2.24) is 9.55 Å². The summed E-state index contributed by atoms with van der Waals surface area (Å²) in [6.45, 7) is 0.705. The molecule has 1 saturated carbocycles. The van der Waals surface area contributed by atoms with Crippen LogP contribution in [0.4, 0.5) is 11.4 Å². The van der Waals surface area contributed by atoms with Crippen molar-refractivity contribution in [2.75, 3.05) is 10.6 Å². The van der Waals surface area contributed by atoms with Crippen molar-refractivity contribution in [2.24, 2.45) is 5.92 Å². The molecule has 7 heteroatoms. The fourth-order valence-corrected chi connectivity index (χ4v) is 3.99. The number of rotatable bonds is 4. The molecule has 5 rings (SSSR count). The largest absolute Gasteiger partial charge is 0.326 e. The van der Waals surface area contributed by atoms with E-state index < -0.39 is 0 Å². The zero-order chi connectivity index (χ0) is 21.4. The Labute approximate surface area is 179 Å². The van der Waals surface area contributed by atoms with E-state index in [1.165, 1.54) is 0 Å². The number of amides is 2. The number of fused-ring (bicyclic) bond motifs is 2. The molecule has 2 heterocycles. The van der Waals surface area contributed by atoms with Crippen molar-refractivity contribution >= 4 is 34.1 Å². The number of carbonyl (C=O) groups excluding carboxylic acids is 2. The highest BCUT2D eigenvalue weighted by molar-refractivity contribution is 6.06. The maximum absolute atomic E-state index is 12.8. The first-order valence-corrected chi connectivity index (χ1v) is 10.8. The van der Waals surface area contributed by atoms with Gasteiger partial charge in [0.15, 0.2) is 0 Å². The van der Waals surface area contributed by atoms with E-state index in [1.54, 1.807) is 47.0 Å². The van der Waals surface area contributed by atoms with Crippen LogP contribution in [0.15, 0.2) is 47.3 Å². The molecule has 0 spiro atoms. The van der Waals surface area contributed by atoms with Crippen molar-refractivity contribution in [1.29, 1.82) is 0 Å². The molecule has 0 radical (unpaired) electrons. The van der Waals surface area contributed by atoms with E-state index in [9.17, 15) is 14.4 Å². The van der Waals surface area contributed by atoms with Gasteiger partial charge in [0.05, 0.1) is 10.9 Å². The molecule has 2 aliphatic rings. The van der Waals surface area contributed by atoms with Crippen LogP contribution in [0.1, 0.15) is 48.3 Å². The monoisotopic (exact) mass is 416 g/mol. The first-order valence-electron chi connectivity index (χ1n) is 10.8. The molecule has 31 heavy (non-hydrogen) atoms. The molecule has 158 valence electrons. The number of anilines is 2. The quantitative estimate of drug-likeness (QED) is 0.678. The van der Waals surface area contributed by atoms with E-state index in [0.29, 0.717) is 34.4 Å². The molecule has 0 atom stereocenters. The summed E-state index contributed by atoms with van der Waals surface area (Å²) >= 11 is 0. The highest BCUT2D eigenvalue weighted by Crippen LogP contribution is 2.30. The van der Waals surface area contributed by atoms with Crippen molar-refractivity contribution in [3.05, 3.63) is 64.2 Å². The minimum absolute atomic E-state index is 0.0299. The normalized spacial score (nSPS) is 15.7. The third-order valence-corrected chi connectivity index (χ3v) is 5.94. The van der Waals surface area contributed by atoms with Gasteiger partial charge in [-0.3, -0.25) is 19.0 Å². The first kappa shape index (κ1) is 19.5.